The maximum absolute atomic E-state index is 12.6. The normalized spacial score (nSPS) is 16.9. The molecule has 1 fully saturated rings. The second-order valence-electron chi connectivity index (χ2n) is 6.10. The zero-order chi connectivity index (χ0) is 23.1. The van der Waals surface area contributed by atoms with E-state index in [-0.39, 0.29) is 23.4 Å². The Morgan fingerprint density at radius 2 is 1.84 bits per heavy atom. The predicted molar refractivity (Wildman–Crippen MR) is 129 cm³/mol. The minimum Gasteiger partial charge on any atom is -0.481 e. The lowest BCUT2D eigenvalue weighted by atomic mass is 10.3. The Morgan fingerprint density at radius 3 is 2.39 bits per heavy atom. The van der Waals surface area contributed by atoms with Crippen LogP contribution in [0.25, 0.3) is 0 Å². The number of hydrogen-bond acceptors (Lipinski definition) is 7. The van der Waals surface area contributed by atoms with E-state index in [2.05, 4.69) is 26.1 Å². The lowest BCUT2D eigenvalue weighted by Gasteiger charge is -2.14. The maximum atomic E-state index is 12.6. The molecular formula is C19H18BrClN4O4S2. The van der Waals surface area contributed by atoms with Crippen molar-refractivity contribution >= 4 is 85.0 Å². The highest BCUT2D eigenvalue weighted by molar-refractivity contribution is 9.11. The molecule has 0 radical (unpaired) electrons. The first-order valence-electron chi connectivity index (χ1n) is 8.70. The Morgan fingerprint density at radius 1 is 1.23 bits per heavy atom. The zero-order valence-electron chi connectivity index (χ0n) is 16.4. The summed E-state index contributed by atoms with van der Waals surface area (Å²) in [6.45, 7) is 2.91. The van der Waals surface area contributed by atoms with Crippen LogP contribution in [-0.2, 0) is 14.4 Å². The highest BCUT2D eigenvalue weighted by Gasteiger charge is 2.40. The number of thiophene rings is 1. The molecule has 1 aliphatic heterocycles. The Hall–Kier alpha value is -2.21. The molecule has 164 valence electrons. The third-order valence-electron chi connectivity index (χ3n) is 3.68. The van der Waals surface area contributed by atoms with Gasteiger partial charge in [0, 0.05) is 18.4 Å². The van der Waals surface area contributed by atoms with Crippen LogP contribution in [0.15, 0.2) is 50.4 Å². The van der Waals surface area contributed by atoms with Crippen molar-refractivity contribution in [1.82, 2.24) is 0 Å². The van der Waals surface area contributed by atoms with Gasteiger partial charge in [-0.05, 0) is 59.3 Å². The largest absolute Gasteiger partial charge is 0.481 e. The summed E-state index contributed by atoms with van der Waals surface area (Å²) in [5, 5.41) is 15.5. The third-order valence-corrected chi connectivity index (χ3v) is 6.64. The van der Waals surface area contributed by atoms with Crippen LogP contribution in [0, 0.1) is 0 Å². The number of hydrogen-bond donors (Lipinski definition) is 2. The number of thioether (sulfide) groups is 1. The average Bonchev–Trinajstić information content (AvgIpc) is 3.24. The molecule has 1 aromatic carbocycles. The predicted octanol–water partition coefficient (Wildman–Crippen LogP) is 4.36. The first-order chi connectivity index (χ1) is 14.6. The van der Waals surface area contributed by atoms with Crippen molar-refractivity contribution in [2.24, 2.45) is 15.9 Å². The van der Waals surface area contributed by atoms with E-state index in [9.17, 15) is 9.59 Å². The molecule has 12 heteroatoms. The summed E-state index contributed by atoms with van der Waals surface area (Å²) < 4.78 is 0.996. The van der Waals surface area contributed by atoms with Gasteiger partial charge in [-0.2, -0.15) is 5.10 Å². The number of carboxylic acid groups (broad SMARTS) is 1. The number of amides is 2. The monoisotopic (exact) mass is 544 g/mol. The van der Waals surface area contributed by atoms with E-state index in [0.717, 1.165) is 32.2 Å². The van der Waals surface area contributed by atoms with E-state index in [4.69, 9.17) is 27.2 Å². The molecule has 1 unspecified atom stereocenters. The Balaban J connectivity index is 0.000000785. The first-order valence-corrected chi connectivity index (χ1v) is 11.6. The number of benzene rings is 1. The van der Waals surface area contributed by atoms with Crippen molar-refractivity contribution in [3.63, 3.8) is 0 Å². The number of rotatable bonds is 4. The molecule has 1 atom stereocenters. The van der Waals surface area contributed by atoms with Gasteiger partial charge >= 0.3 is 0 Å². The van der Waals surface area contributed by atoms with Gasteiger partial charge in [0.25, 0.3) is 5.97 Å². The molecular weight excluding hydrogens is 528 g/mol. The number of carbonyl (C=O) groups is 3. The van der Waals surface area contributed by atoms with Crippen LogP contribution in [0.3, 0.4) is 0 Å². The molecule has 31 heavy (non-hydrogen) atoms. The van der Waals surface area contributed by atoms with E-state index in [0.29, 0.717) is 16.4 Å². The summed E-state index contributed by atoms with van der Waals surface area (Å²) in [7, 11) is 0. The van der Waals surface area contributed by atoms with Crippen molar-refractivity contribution in [2.75, 3.05) is 4.90 Å². The molecule has 2 amide bonds. The molecule has 3 N–H and O–H groups in total. The van der Waals surface area contributed by atoms with Gasteiger partial charge in [0.15, 0.2) is 5.17 Å². The van der Waals surface area contributed by atoms with Crippen molar-refractivity contribution in [1.29, 1.82) is 0 Å². The number of nitrogens with zero attached hydrogens (tertiary/aromatic N) is 3. The second kappa shape index (κ2) is 11.4. The Labute approximate surface area is 200 Å². The van der Waals surface area contributed by atoms with Gasteiger partial charge in [0.1, 0.15) is 5.25 Å². The van der Waals surface area contributed by atoms with Crippen molar-refractivity contribution < 1.29 is 19.5 Å². The van der Waals surface area contributed by atoms with Gasteiger partial charge in [-0.1, -0.05) is 23.4 Å². The molecule has 2 aromatic rings. The summed E-state index contributed by atoms with van der Waals surface area (Å²) in [4.78, 5) is 36.0. The highest BCUT2D eigenvalue weighted by Crippen LogP contribution is 2.30. The molecule has 0 saturated carbocycles. The van der Waals surface area contributed by atoms with Crippen molar-refractivity contribution in [3.8, 4) is 0 Å². The van der Waals surface area contributed by atoms with Crippen LogP contribution in [0.5, 0.6) is 0 Å². The van der Waals surface area contributed by atoms with Crippen LogP contribution < -0.4 is 10.6 Å². The molecule has 0 bridgehead atoms. The Kier molecular flexibility index (Phi) is 9.23. The number of nitrogens with two attached hydrogens (primary N) is 1. The number of amidine groups is 1. The van der Waals surface area contributed by atoms with E-state index in [1.54, 1.807) is 24.3 Å². The zero-order valence-corrected chi connectivity index (χ0v) is 20.4. The number of carboxylic acids is 1. The number of aliphatic carboxylic acids is 1. The van der Waals surface area contributed by atoms with Crippen LogP contribution in [-0.4, -0.2) is 39.0 Å². The number of imide groups is 1. The van der Waals surface area contributed by atoms with E-state index >= 15 is 0 Å². The molecule has 3 rings (SSSR count). The second-order valence-corrected chi connectivity index (χ2v) is 10.2. The molecule has 8 nitrogen and oxygen atoms in total. The molecule has 1 aromatic heterocycles. The fourth-order valence-corrected chi connectivity index (χ4v) is 4.67. The molecule has 0 aliphatic carbocycles. The van der Waals surface area contributed by atoms with Crippen molar-refractivity contribution in [3.05, 3.63) is 50.1 Å². The lowest BCUT2D eigenvalue weighted by Crippen LogP contribution is -2.31. The van der Waals surface area contributed by atoms with Crippen LogP contribution in [0.4, 0.5) is 5.69 Å². The summed E-state index contributed by atoms with van der Waals surface area (Å²) >= 11 is 11.8. The SMILES string of the molecule is C/C(=N\N=C(/N)SC1CC(=O)N(c2ccc(Cl)cc2)C1=O)c1ccc(Br)s1.CC(=O)O. The molecule has 1 saturated heterocycles. The fourth-order valence-electron chi connectivity index (χ4n) is 2.41. The number of anilines is 1. The quantitative estimate of drug-likeness (QED) is 0.254. The van der Waals surface area contributed by atoms with E-state index in [1.165, 1.54) is 11.3 Å². The third kappa shape index (κ3) is 7.46. The summed E-state index contributed by atoms with van der Waals surface area (Å²) in [6.07, 6.45) is 0.0584. The Bertz CT molecular complexity index is 1040. The summed E-state index contributed by atoms with van der Waals surface area (Å²) in [6, 6.07) is 10.4. The van der Waals surface area contributed by atoms with Gasteiger partial charge in [-0.3, -0.25) is 14.4 Å². The maximum Gasteiger partial charge on any atom is 0.300 e. The van der Waals surface area contributed by atoms with Gasteiger partial charge in [-0.25, -0.2) is 4.90 Å². The van der Waals surface area contributed by atoms with Gasteiger partial charge < -0.3 is 10.8 Å². The summed E-state index contributed by atoms with van der Waals surface area (Å²) in [5.74, 6) is -1.44. The van der Waals surface area contributed by atoms with Crippen molar-refractivity contribution in [2.45, 2.75) is 25.5 Å². The molecule has 2 heterocycles. The van der Waals surface area contributed by atoms with Gasteiger partial charge in [0.2, 0.25) is 11.8 Å². The first kappa shape index (κ1) is 25.1. The lowest BCUT2D eigenvalue weighted by molar-refractivity contribution is -0.134. The van der Waals surface area contributed by atoms with Gasteiger partial charge in [-0.15, -0.1) is 16.4 Å². The number of carbonyl (C=O) groups excluding carboxylic acids is 2. The standard InChI is InChI=1S/C17H14BrClN4O2S2.C2H4O2/c1-9(12-6-7-14(18)26-12)21-22-17(20)27-13-8-15(24)23(16(13)25)11-4-2-10(19)3-5-11;1-2(3)4/h2-7,13H,8H2,1H3,(H2,20,22);1H3,(H,3,4)/b21-9+;. The summed E-state index contributed by atoms with van der Waals surface area (Å²) in [5.41, 5.74) is 7.10. The smallest absolute Gasteiger partial charge is 0.300 e. The van der Waals surface area contributed by atoms with E-state index < -0.39 is 11.2 Å². The topological polar surface area (TPSA) is 125 Å². The van der Waals surface area contributed by atoms with Crippen LogP contribution in [0.2, 0.25) is 5.02 Å². The van der Waals surface area contributed by atoms with Crippen LogP contribution >= 0.6 is 50.6 Å². The fraction of sp³-hybridized carbons (Fsp3) is 0.211. The van der Waals surface area contributed by atoms with Crippen LogP contribution in [0.1, 0.15) is 25.1 Å². The minimum absolute atomic E-state index is 0.0584. The van der Waals surface area contributed by atoms with E-state index in [1.807, 2.05) is 19.1 Å². The minimum atomic E-state index is -0.833. The molecule has 1 aliphatic rings. The van der Waals surface area contributed by atoms with Gasteiger partial charge in [0.05, 0.1) is 20.1 Å². The number of halogens is 2. The molecule has 0 spiro atoms. The highest BCUT2D eigenvalue weighted by atomic mass is 79.9. The average molecular weight is 546 g/mol.